The zero-order valence-corrected chi connectivity index (χ0v) is 14.2. The minimum atomic E-state index is -0.740. The second-order valence-electron chi connectivity index (χ2n) is 5.47. The minimum Gasteiger partial charge on any atom is -0.465 e. The highest BCUT2D eigenvalue weighted by atomic mass is 16.5. The largest absolute Gasteiger partial charge is 0.465 e. The van der Waals surface area contributed by atoms with Crippen molar-refractivity contribution < 1.29 is 19.1 Å². The molecule has 9 heteroatoms. The van der Waals surface area contributed by atoms with E-state index in [4.69, 9.17) is 14.9 Å². The van der Waals surface area contributed by atoms with E-state index in [0.29, 0.717) is 5.65 Å². The van der Waals surface area contributed by atoms with Gasteiger partial charge < -0.3 is 14.0 Å². The summed E-state index contributed by atoms with van der Waals surface area (Å²) in [5.74, 6) is -1.21. The van der Waals surface area contributed by atoms with Crippen molar-refractivity contribution in [3.63, 3.8) is 0 Å². The van der Waals surface area contributed by atoms with E-state index in [-0.39, 0.29) is 40.8 Å². The molecule has 134 valence electrons. The lowest BCUT2D eigenvalue weighted by molar-refractivity contribution is -0.141. The molecule has 3 rings (SSSR count). The van der Waals surface area contributed by atoms with Gasteiger partial charge in [0.2, 0.25) is 0 Å². The number of pyridine rings is 2. The highest BCUT2D eigenvalue weighted by Crippen LogP contribution is 2.10. The average Bonchev–Trinajstić information content (AvgIpc) is 2.63. The standard InChI is InChI=1S/C17H16N4O5/c1-10(22)26-8-7-21-14(18)11(17(24)25-2)9-12-15(21)19-13-5-3-4-6-20(13)16(12)23/h3-6,9,18H,7-8H2,1-2H3. The van der Waals surface area contributed by atoms with Crippen molar-refractivity contribution in [1.82, 2.24) is 14.0 Å². The topological polar surface area (TPSA) is 116 Å². The zero-order chi connectivity index (χ0) is 18.8. The first-order valence-corrected chi connectivity index (χ1v) is 7.75. The first-order valence-electron chi connectivity index (χ1n) is 7.75. The molecule has 0 aliphatic carbocycles. The number of nitrogens with zero attached hydrogens (tertiary/aromatic N) is 3. The summed E-state index contributed by atoms with van der Waals surface area (Å²) >= 11 is 0. The number of nitrogens with one attached hydrogen (secondary N) is 1. The van der Waals surface area contributed by atoms with Crippen LogP contribution in [0.25, 0.3) is 16.7 Å². The Morgan fingerprint density at radius 2 is 2.08 bits per heavy atom. The van der Waals surface area contributed by atoms with Gasteiger partial charge in [-0.2, -0.15) is 0 Å². The van der Waals surface area contributed by atoms with Gasteiger partial charge in [0.1, 0.15) is 29.0 Å². The molecule has 0 unspecified atom stereocenters. The smallest absolute Gasteiger partial charge is 0.341 e. The van der Waals surface area contributed by atoms with Gasteiger partial charge in [0, 0.05) is 13.1 Å². The molecule has 0 amide bonds. The molecule has 0 saturated heterocycles. The Morgan fingerprint density at radius 3 is 2.77 bits per heavy atom. The molecule has 1 N–H and O–H groups in total. The van der Waals surface area contributed by atoms with E-state index in [1.165, 1.54) is 29.1 Å². The number of fused-ring (bicyclic) bond motifs is 2. The molecule has 0 aliphatic rings. The molecule has 0 fully saturated rings. The third-order valence-corrected chi connectivity index (χ3v) is 3.84. The van der Waals surface area contributed by atoms with Crippen molar-refractivity contribution in [3.05, 3.63) is 51.9 Å². The van der Waals surface area contributed by atoms with Crippen LogP contribution in [0.5, 0.6) is 0 Å². The van der Waals surface area contributed by atoms with E-state index < -0.39 is 11.9 Å². The molecule has 0 saturated carbocycles. The molecule has 0 aliphatic heterocycles. The van der Waals surface area contributed by atoms with Gasteiger partial charge in [-0.3, -0.25) is 19.4 Å². The Balaban J connectivity index is 2.34. The van der Waals surface area contributed by atoms with Gasteiger partial charge in [-0.15, -0.1) is 0 Å². The number of hydrogen-bond donors (Lipinski definition) is 1. The normalized spacial score (nSPS) is 10.8. The van der Waals surface area contributed by atoms with Gasteiger partial charge in [-0.25, -0.2) is 9.78 Å². The molecule has 26 heavy (non-hydrogen) atoms. The summed E-state index contributed by atoms with van der Waals surface area (Å²) in [5, 5.41) is 8.46. The monoisotopic (exact) mass is 356 g/mol. The number of carbonyl (C=O) groups is 2. The molecule has 0 radical (unpaired) electrons. The van der Waals surface area contributed by atoms with Gasteiger partial charge in [0.05, 0.1) is 19.0 Å². The van der Waals surface area contributed by atoms with Crippen LogP contribution in [0.1, 0.15) is 17.3 Å². The van der Waals surface area contributed by atoms with Crippen LogP contribution in [0, 0.1) is 5.41 Å². The number of esters is 2. The van der Waals surface area contributed by atoms with E-state index in [1.807, 2.05) is 0 Å². The number of carbonyl (C=O) groups excluding carboxylic acids is 2. The van der Waals surface area contributed by atoms with Crippen molar-refractivity contribution in [3.8, 4) is 0 Å². The molecule has 0 spiro atoms. The average molecular weight is 356 g/mol. The van der Waals surface area contributed by atoms with Crippen LogP contribution in [-0.4, -0.2) is 39.6 Å². The molecule has 0 atom stereocenters. The van der Waals surface area contributed by atoms with Crippen LogP contribution >= 0.6 is 0 Å². The van der Waals surface area contributed by atoms with Crippen LogP contribution in [0.4, 0.5) is 0 Å². The number of aromatic nitrogens is 3. The zero-order valence-electron chi connectivity index (χ0n) is 14.2. The summed E-state index contributed by atoms with van der Waals surface area (Å²) in [5.41, 5.74) is 0.000683. The minimum absolute atomic E-state index is 0.0263. The molecule has 3 heterocycles. The Kier molecular flexibility index (Phi) is 4.53. The molecule has 9 nitrogen and oxygen atoms in total. The third kappa shape index (κ3) is 2.94. The number of rotatable bonds is 4. The quantitative estimate of drug-likeness (QED) is 0.537. The second-order valence-corrected chi connectivity index (χ2v) is 5.47. The third-order valence-electron chi connectivity index (χ3n) is 3.84. The lowest BCUT2D eigenvalue weighted by Gasteiger charge is -2.13. The van der Waals surface area contributed by atoms with Crippen LogP contribution in [0.3, 0.4) is 0 Å². The highest BCUT2D eigenvalue weighted by molar-refractivity contribution is 5.93. The predicted octanol–water partition coefficient (Wildman–Crippen LogP) is 0.478. The van der Waals surface area contributed by atoms with Crippen molar-refractivity contribution in [2.75, 3.05) is 13.7 Å². The maximum Gasteiger partial charge on any atom is 0.341 e. The summed E-state index contributed by atoms with van der Waals surface area (Å²) in [6.45, 7) is 1.31. The van der Waals surface area contributed by atoms with Crippen LogP contribution in [-0.2, 0) is 20.8 Å². The molecule has 0 aromatic carbocycles. The first kappa shape index (κ1) is 17.3. The molecule has 0 bridgehead atoms. The summed E-state index contributed by atoms with van der Waals surface area (Å²) in [7, 11) is 1.20. The second kappa shape index (κ2) is 6.79. The van der Waals surface area contributed by atoms with E-state index in [9.17, 15) is 14.4 Å². The van der Waals surface area contributed by atoms with E-state index in [1.54, 1.807) is 24.4 Å². The SMILES string of the molecule is COC(=O)c1cc2c(=O)n3ccccc3nc2n(CCOC(C)=O)c1=N. The Bertz CT molecular complexity index is 1150. The summed E-state index contributed by atoms with van der Waals surface area (Å²) in [4.78, 5) is 40.3. The summed E-state index contributed by atoms with van der Waals surface area (Å²) in [6.07, 6.45) is 1.57. The molecular formula is C17H16N4O5. The van der Waals surface area contributed by atoms with Crippen molar-refractivity contribution in [2.24, 2.45) is 0 Å². The molecular weight excluding hydrogens is 340 g/mol. The molecule has 3 aromatic rings. The number of hydrogen-bond acceptors (Lipinski definition) is 7. The van der Waals surface area contributed by atoms with Crippen LogP contribution < -0.4 is 11.0 Å². The fourth-order valence-corrected chi connectivity index (χ4v) is 2.65. The highest BCUT2D eigenvalue weighted by Gasteiger charge is 2.17. The van der Waals surface area contributed by atoms with Crippen molar-refractivity contribution in [2.45, 2.75) is 13.5 Å². The lowest BCUT2D eigenvalue weighted by Crippen LogP contribution is -2.31. The Morgan fingerprint density at radius 1 is 1.31 bits per heavy atom. The maximum atomic E-state index is 12.8. The number of methoxy groups -OCH3 is 1. The Labute approximate surface area is 146 Å². The van der Waals surface area contributed by atoms with Crippen LogP contribution in [0.2, 0.25) is 0 Å². The van der Waals surface area contributed by atoms with Crippen LogP contribution in [0.15, 0.2) is 35.3 Å². The fourth-order valence-electron chi connectivity index (χ4n) is 2.65. The molecule has 3 aromatic heterocycles. The van der Waals surface area contributed by atoms with Gasteiger partial charge in [-0.1, -0.05) is 6.07 Å². The van der Waals surface area contributed by atoms with Crippen molar-refractivity contribution >= 4 is 28.6 Å². The summed E-state index contributed by atoms with van der Waals surface area (Å²) in [6, 6.07) is 6.40. The van der Waals surface area contributed by atoms with Gasteiger partial charge in [-0.05, 0) is 18.2 Å². The van der Waals surface area contributed by atoms with Crippen molar-refractivity contribution in [1.29, 1.82) is 5.41 Å². The van der Waals surface area contributed by atoms with Gasteiger partial charge >= 0.3 is 11.9 Å². The van der Waals surface area contributed by atoms with E-state index >= 15 is 0 Å². The fraction of sp³-hybridized carbons (Fsp3) is 0.235. The predicted molar refractivity (Wildman–Crippen MR) is 90.8 cm³/mol. The van der Waals surface area contributed by atoms with E-state index in [0.717, 1.165) is 0 Å². The van der Waals surface area contributed by atoms with Gasteiger partial charge in [0.15, 0.2) is 0 Å². The number of ether oxygens (including phenoxy) is 2. The first-order chi connectivity index (χ1) is 12.4. The van der Waals surface area contributed by atoms with Gasteiger partial charge in [0.25, 0.3) is 5.56 Å². The Hall–Kier alpha value is -3.49. The maximum absolute atomic E-state index is 12.8. The summed E-state index contributed by atoms with van der Waals surface area (Å²) < 4.78 is 12.3. The lowest BCUT2D eigenvalue weighted by atomic mass is 10.2. The van der Waals surface area contributed by atoms with E-state index in [2.05, 4.69) is 4.98 Å².